The lowest BCUT2D eigenvalue weighted by Crippen LogP contribution is -2.71. The van der Waals surface area contributed by atoms with Gasteiger partial charge in [0.15, 0.2) is 0 Å². The summed E-state index contributed by atoms with van der Waals surface area (Å²) in [5.41, 5.74) is 6.05. The fraction of sp³-hybridized carbons (Fsp3) is 0.556. The van der Waals surface area contributed by atoms with Crippen molar-refractivity contribution >= 4 is 11.8 Å². The van der Waals surface area contributed by atoms with Crippen LogP contribution in [0, 0.1) is 0 Å². The molecule has 136 valence electrons. The van der Waals surface area contributed by atoms with E-state index in [1.165, 1.54) is 0 Å². The molecule has 1 aromatic carbocycles. The van der Waals surface area contributed by atoms with Crippen LogP contribution in [0.15, 0.2) is 30.3 Å². The molecule has 0 aromatic heterocycles. The molecule has 5 N–H and O–H groups in total. The first-order chi connectivity index (χ1) is 11.9. The Morgan fingerprint density at radius 2 is 2.20 bits per heavy atom. The highest BCUT2D eigenvalue weighted by atomic mass is 16.3. The van der Waals surface area contributed by atoms with Crippen molar-refractivity contribution in [2.45, 2.75) is 50.0 Å². The molecule has 1 aromatic rings. The number of carbonyl (C=O) groups excluding carboxylic acids is 2. The van der Waals surface area contributed by atoms with Crippen molar-refractivity contribution in [3.8, 4) is 0 Å². The van der Waals surface area contributed by atoms with Gasteiger partial charge in [-0.15, -0.1) is 0 Å². The lowest BCUT2D eigenvalue weighted by atomic mass is 9.88. The number of carbonyl (C=O) groups is 2. The van der Waals surface area contributed by atoms with Crippen molar-refractivity contribution in [1.82, 2.24) is 15.5 Å². The summed E-state index contributed by atoms with van der Waals surface area (Å²) in [5, 5.41) is 15.7. The average Bonchev–Trinajstić information content (AvgIpc) is 2.95. The normalized spacial score (nSPS) is 28.4. The van der Waals surface area contributed by atoms with Crippen LogP contribution in [-0.2, 0) is 16.1 Å². The number of aliphatic hydroxyl groups is 1. The largest absolute Gasteiger partial charge is 0.391 e. The summed E-state index contributed by atoms with van der Waals surface area (Å²) in [7, 11) is 0. The Morgan fingerprint density at radius 1 is 1.48 bits per heavy atom. The Hall–Kier alpha value is -1.96. The van der Waals surface area contributed by atoms with E-state index in [-0.39, 0.29) is 11.9 Å². The first kappa shape index (κ1) is 17.8. The zero-order chi connectivity index (χ0) is 18.0. The number of β-lactam (4-membered cyclic amide) rings is 1. The SMILES string of the molecule is C[C@@H](O)[C@H](NCC1CCC2(CNC2=O)N1Cc1ccccc1)C(N)=O. The van der Waals surface area contributed by atoms with Crippen LogP contribution in [0.1, 0.15) is 25.3 Å². The summed E-state index contributed by atoms with van der Waals surface area (Å²) in [6.07, 6.45) is 0.800. The van der Waals surface area contributed by atoms with Gasteiger partial charge in [-0.25, -0.2) is 0 Å². The van der Waals surface area contributed by atoms with E-state index in [0.717, 1.165) is 18.4 Å². The van der Waals surface area contributed by atoms with Crippen molar-refractivity contribution in [3.63, 3.8) is 0 Å². The molecule has 2 amide bonds. The predicted octanol–water partition coefficient (Wildman–Crippen LogP) is -0.656. The molecule has 2 fully saturated rings. The van der Waals surface area contributed by atoms with Gasteiger partial charge < -0.3 is 21.5 Å². The third-order valence-corrected chi connectivity index (χ3v) is 5.40. The zero-order valence-corrected chi connectivity index (χ0v) is 14.4. The molecule has 4 atom stereocenters. The fourth-order valence-electron chi connectivity index (χ4n) is 3.90. The van der Waals surface area contributed by atoms with Crippen LogP contribution >= 0.6 is 0 Å². The first-order valence-corrected chi connectivity index (χ1v) is 8.74. The van der Waals surface area contributed by atoms with Crippen LogP contribution in [0.4, 0.5) is 0 Å². The van der Waals surface area contributed by atoms with E-state index in [9.17, 15) is 14.7 Å². The van der Waals surface area contributed by atoms with Gasteiger partial charge in [-0.1, -0.05) is 30.3 Å². The van der Waals surface area contributed by atoms with Gasteiger partial charge in [-0.05, 0) is 25.3 Å². The number of benzene rings is 1. The number of rotatable bonds is 7. The van der Waals surface area contributed by atoms with Gasteiger partial charge >= 0.3 is 0 Å². The van der Waals surface area contributed by atoms with E-state index < -0.39 is 23.6 Å². The molecule has 1 spiro atoms. The second-order valence-electron chi connectivity index (χ2n) is 7.05. The minimum absolute atomic E-state index is 0.0768. The van der Waals surface area contributed by atoms with Crippen LogP contribution in [-0.4, -0.2) is 58.6 Å². The maximum Gasteiger partial charge on any atom is 0.242 e. The minimum Gasteiger partial charge on any atom is -0.391 e. The smallest absolute Gasteiger partial charge is 0.242 e. The van der Waals surface area contributed by atoms with E-state index in [0.29, 0.717) is 19.6 Å². The van der Waals surface area contributed by atoms with Gasteiger partial charge in [0, 0.05) is 25.7 Å². The average molecular weight is 346 g/mol. The second kappa shape index (κ2) is 7.11. The van der Waals surface area contributed by atoms with E-state index in [2.05, 4.69) is 27.7 Å². The molecule has 2 aliphatic heterocycles. The van der Waals surface area contributed by atoms with Gasteiger partial charge in [0.1, 0.15) is 11.6 Å². The molecular weight excluding hydrogens is 320 g/mol. The number of hydrogen-bond acceptors (Lipinski definition) is 5. The maximum absolute atomic E-state index is 12.3. The number of primary amides is 1. The molecular formula is C18H26N4O3. The Bertz CT molecular complexity index is 636. The molecule has 0 bridgehead atoms. The van der Waals surface area contributed by atoms with Gasteiger partial charge in [-0.2, -0.15) is 0 Å². The van der Waals surface area contributed by atoms with Crippen molar-refractivity contribution in [2.75, 3.05) is 13.1 Å². The highest BCUT2D eigenvalue weighted by Gasteiger charge is 2.56. The molecule has 7 nitrogen and oxygen atoms in total. The Labute approximate surface area is 147 Å². The Morgan fingerprint density at radius 3 is 2.72 bits per heavy atom. The second-order valence-corrected chi connectivity index (χ2v) is 7.05. The summed E-state index contributed by atoms with van der Waals surface area (Å²) < 4.78 is 0. The molecule has 0 saturated carbocycles. The number of hydrogen-bond donors (Lipinski definition) is 4. The third-order valence-electron chi connectivity index (χ3n) is 5.40. The summed E-state index contributed by atoms with van der Waals surface area (Å²) in [6, 6.07) is 9.37. The van der Waals surface area contributed by atoms with Crippen molar-refractivity contribution in [2.24, 2.45) is 5.73 Å². The molecule has 2 aliphatic rings. The van der Waals surface area contributed by atoms with E-state index in [1.807, 2.05) is 18.2 Å². The van der Waals surface area contributed by atoms with E-state index in [1.54, 1.807) is 6.92 Å². The van der Waals surface area contributed by atoms with Crippen LogP contribution in [0.2, 0.25) is 0 Å². The summed E-state index contributed by atoms with van der Waals surface area (Å²) in [5.74, 6) is -0.494. The van der Waals surface area contributed by atoms with Crippen LogP contribution in [0.5, 0.6) is 0 Å². The topological polar surface area (TPSA) is 108 Å². The van der Waals surface area contributed by atoms with Gasteiger partial charge in [0.05, 0.1) is 6.10 Å². The van der Waals surface area contributed by atoms with Gasteiger partial charge in [0.2, 0.25) is 11.8 Å². The Kier molecular flexibility index (Phi) is 5.08. The van der Waals surface area contributed by atoms with E-state index >= 15 is 0 Å². The highest BCUT2D eigenvalue weighted by molar-refractivity contribution is 5.93. The van der Waals surface area contributed by atoms with Crippen molar-refractivity contribution in [1.29, 1.82) is 0 Å². The lowest BCUT2D eigenvalue weighted by Gasteiger charge is -2.46. The predicted molar refractivity (Wildman–Crippen MR) is 93.4 cm³/mol. The molecule has 2 saturated heterocycles. The lowest BCUT2D eigenvalue weighted by molar-refractivity contribution is -0.143. The number of aliphatic hydroxyl groups excluding tert-OH is 1. The quantitative estimate of drug-likeness (QED) is 0.491. The summed E-state index contributed by atoms with van der Waals surface area (Å²) in [6.45, 7) is 3.38. The van der Waals surface area contributed by atoms with Crippen LogP contribution in [0.25, 0.3) is 0 Å². The third kappa shape index (κ3) is 3.40. The molecule has 2 heterocycles. The number of amides is 2. The molecule has 25 heavy (non-hydrogen) atoms. The summed E-state index contributed by atoms with van der Waals surface area (Å²) in [4.78, 5) is 26.0. The number of nitrogens with zero attached hydrogens (tertiary/aromatic N) is 1. The maximum atomic E-state index is 12.3. The van der Waals surface area contributed by atoms with Crippen LogP contribution in [0.3, 0.4) is 0 Å². The Balaban J connectivity index is 1.73. The van der Waals surface area contributed by atoms with E-state index in [4.69, 9.17) is 5.73 Å². The molecule has 3 rings (SSSR count). The van der Waals surface area contributed by atoms with Gasteiger partial charge in [0.25, 0.3) is 0 Å². The molecule has 0 aliphatic carbocycles. The van der Waals surface area contributed by atoms with Crippen molar-refractivity contribution in [3.05, 3.63) is 35.9 Å². The molecule has 0 radical (unpaired) electrons. The number of likely N-dealkylation sites (tertiary alicyclic amines) is 1. The monoisotopic (exact) mass is 346 g/mol. The molecule has 7 heteroatoms. The number of nitrogens with two attached hydrogens (primary N) is 1. The molecule has 2 unspecified atom stereocenters. The highest BCUT2D eigenvalue weighted by Crippen LogP contribution is 2.38. The standard InChI is InChI=1S/C18H26N4O3/c1-12(23)15(16(19)24)20-9-14-7-8-18(11-21-17(18)25)22(14)10-13-5-3-2-4-6-13/h2-6,12,14-15,20,23H,7-11H2,1H3,(H2,19,24)(H,21,25)/t12-,14?,15+,18?/m1/s1. The minimum atomic E-state index is -0.859. The van der Waals surface area contributed by atoms with Crippen LogP contribution < -0.4 is 16.4 Å². The van der Waals surface area contributed by atoms with Gasteiger partial charge in [-0.3, -0.25) is 14.5 Å². The number of nitrogens with one attached hydrogen (secondary N) is 2. The fourth-order valence-corrected chi connectivity index (χ4v) is 3.90. The van der Waals surface area contributed by atoms with Crippen molar-refractivity contribution < 1.29 is 14.7 Å². The summed E-state index contributed by atoms with van der Waals surface area (Å²) >= 11 is 0. The zero-order valence-electron chi connectivity index (χ0n) is 14.4. The first-order valence-electron chi connectivity index (χ1n) is 8.74.